The molecule has 0 bridgehead atoms. The molecule has 202 valence electrons. The second kappa shape index (κ2) is 11.7. The normalized spacial score (nSPS) is 18.4. The van der Waals surface area contributed by atoms with Gasteiger partial charge in [0.2, 0.25) is 0 Å². The fourth-order valence-electron chi connectivity index (χ4n) is 4.74. The van der Waals surface area contributed by atoms with Crippen molar-refractivity contribution < 1.29 is 19.4 Å². The van der Waals surface area contributed by atoms with Crippen molar-refractivity contribution in [2.45, 2.75) is 39.5 Å². The van der Waals surface area contributed by atoms with Crippen LogP contribution in [0, 0.1) is 12.8 Å². The minimum absolute atomic E-state index is 0.0514. The van der Waals surface area contributed by atoms with Gasteiger partial charge >= 0.3 is 0 Å². The van der Waals surface area contributed by atoms with E-state index < -0.39 is 0 Å². The van der Waals surface area contributed by atoms with Gasteiger partial charge in [-0.15, -0.1) is 0 Å². The van der Waals surface area contributed by atoms with E-state index in [-0.39, 0.29) is 36.5 Å². The number of aryl methyl sites for hydroxylation is 2. The van der Waals surface area contributed by atoms with Gasteiger partial charge in [0.25, 0.3) is 11.8 Å². The van der Waals surface area contributed by atoms with Gasteiger partial charge in [0.15, 0.2) is 5.75 Å². The summed E-state index contributed by atoms with van der Waals surface area (Å²) in [4.78, 5) is 34.8. The van der Waals surface area contributed by atoms with Crippen molar-refractivity contribution in [2.24, 2.45) is 13.0 Å². The number of benzene rings is 1. The molecule has 4 rings (SSSR count). The van der Waals surface area contributed by atoms with Crippen LogP contribution in [0.2, 0.25) is 0 Å². The van der Waals surface area contributed by atoms with Gasteiger partial charge in [0, 0.05) is 45.0 Å². The third-order valence-corrected chi connectivity index (χ3v) is 6.87. The molecule has 38 heavy (non-hydrogen) atoms. The maximum Gasteiger partial charge on any atom is 0.274 e. The van der Waals surface area contributed by atoms with Crippen LogP contribution >= 0.6 is 0 Å². The Balaban J connectivity index is 1.68. The van der Waals surface area contributed by atoms with E-state index in [4.69, 9.17) is 4.74 Å². The molecule has 10 heteroatoms. The van der Waals surface area contributed by atoms with Crippen molar-refractivity contribution in [3.8, 4) is 5.75 Å². The summed E-state index contributed by atoms with van der Waals surface area (Å²) >= 11 is 0. The molecule has 0 radical (unpaired) electrons. The topological polar surface area (TPSA) is 113 Å². The molecular formula is C28H36N6O4. The number of hydrogen-bond donors (Lipinski definition) is 2. The number of anilines is 1. The molecule has 0 unspecified atom stereocenters. The first-order valence-corrected chi connectivity index (χ1v) is 12.8. The van der Waals surface area contributed by atoms with Crippen molar-refractivity contribution in [3.05, 3.63) is 71.3 Å². The van der Waals surface area contributed by atoms with Crippen LogP contribution in [-0.4, -0.2) is 80.4 Å². The largest absolute Gasteiger partial charge is 0.486 e. The fourth-order valence-corrected chi connectivity index (χ4v) is 4.74. The van der Waals surface area contributed by atoms with Crippen LogP contribution in [0.5, 0.6) is 5.75 Å². The smallest absolute Gasteiger partial charge is 0.274 e. The highest BCUT2D eigenvalue weighted by molar-refractivity contribution is 6.06. The number of aliphatic hydroxyl groups excluding tert-OH is 1. The van der Waals surface area contributed by atoms with Gasteiger partial charge in [0.1, 0.15) is 11.8 Å². The van der Waals surface area contributed by atoms with Crippen molar-refractivity contribution >= 4 is 17.5 Å². The summed E-state index contributed by atoms with van der Waals surface area (Å²) in [7, 11) is 3.73. The highest BCUT2D eigenvalue weighted by Crippen LogP contribution is 2.35. The lowest BCUT2D eigenvalue weighted by Gasteiger charge is -2.38. The molecule has 3 heterocycles. The molecule has 0 saturated carbocycles. The van der Waals surface area contributed by atoms with E-state index in [0.717, 1.165) is 11.3 Å². The monoisotopic (exact) mass is 520 g/mol. The molecule has 2 N–H and O–H groups in total. The second-order valence-electron chi connectivity index (χ2n) is 10.1. The molecule has 0 saturated heterocycles. The Labute approximate surface area is 223 Å². The minimum atomic E-state index is -0.373. The number of amides is 2. The van der Waals surface area contributed by atoms with Gasteiger partial charge < -0.3 is 20.1 Å². The predicted molar refractivity (Wildman–Crippen MR) is 144 cm³/mol. The molecule has 1 aliphatic rings. The number of nitrogens with zero attached hydrogens (tertiary/aromatic N) is 5. The van der Waals surface area contributed by atoms with E-state index >= 15 is 0 Å². The summed E-state index contributed by atoms with van der Waals surface area (Å²) in [5.41, 5.74) is 3.01. The van der Waals surface area contributed by atoms with Gasteiger partial charge in [-0.1, -0.05) is 13.0 Å². The Hall–Kier alpha value is -3.76. The van der Waals surface area contributed by atoms with Crippen molar-refractivity contribution in [3.63, 3.8) is 0 Å². The Morgan fingerprint density at radius 1 is 1.29 bits per heavy atom. The molecule has 1 aromatic carbocycles. The molecule has 0 aliphatic carbocycles. The maximum atomic E-state index is 13.7. The van der Waals surface area contributed by atoms with E-state index in [1.54, 1.807) is 48.6 Å². The SMILES string of the molecule is Cc1cc(C(=O)Nc2cccc3c2O[C@@H](CN(C)Cc2ccncc2)[C@@H](C)CN([C@@H](C)CO)C3=O)n(C)n1. The number of nitrogens with one attached hydrogen (secondary N) is 1. The number of carbonyl (C=O) groups is 2. The van der Waals surface area contributed by atoms with E-state index in [9.17, 15) is 14.7 Å². The van der Waals surface area contributed by atoms with Gasteiger partial charge in [-0.25, -0.2) is 0 Å². The Bertz CT molecular complexity index is 1280. The number of aromatic nitrogens is 3. The van der Waals surface area contributed by atoms with Crippen LogP contribution in [0.1, 0.15) is 46.0 Å². The summed E-state index contributed by atoms with van der Waals surface area (Å²) in [5, 5.41) is 17.1. The van der Waals surface area contributed by atoms with E-state index in [1.807, 2.05) is 40.0 Å². The molecule has 2 aromatic heterocycles. The number of carbonyl (C=O) groups excluding carboxylic acids is 2. The summed E-state index contributed by atoms with van der Waals surface area (Å²) in [6.45, 7) is 7.25. The molecule has 3 aromatic rings. The number of likely N-dealkylation sites (N-methyl/N-ethyl adjacent to an activating group) is 1. The standard InChI is InChI=1S/C28H36N6O4/c1-18-14-34(20(3)17-35)28(37)22-7-6-8-23(30-27(36)24-13-19(2)31-33(24)5)26(22)38-25(18)16-32(4)15-21-9-11-29-12-10-21/h6-13,18,20,25,35H,14-17H2,1-5H3,(H,30,36)/t18-,20-,25-/m0/s1. The van der Waals surface area contributed by atoms with Crippen LogP contribution < -0.4 is 10.1 Å². The van der Waals surface area contributed by atoms with Crippen LogP contribution in [0.25, 0.3) is 0 Å². The van der Waals surface area contributed by atoms with Crippen molar-refractivity contribution in [1.29, 1.82) is 0 Å². The van der Waals surface area contributed by atoms with E-state index in [2.05, 4.69) is 20.3 Å². The molecule has 0 fully saturated rings. The first-order chi connectivity index (χ1) is 18.2. The first-order valence-electron chi connectivity index (χ1n) is 12.8. The Kier molecular flexibility index (Phi) is 8.43. The lowest BCUT2D eigenvalue weighted by Crippen LogP contribution is -2.49. The summed E-state index contributed by atoms with van der Waals surface area (Å²) < 4.78 is 8.11. The number of rotatable bonds is 8. The van der Waals surface area contributed by atoms with Crippen LogP contribution in [0.15, 0.2) is 48.8 Å². The fraction of sp³-hybridized carbons (Fsp3) is 0.429. The van der Waals surface area contributed by atoms with E-state index in [0.29, 0.717) is 42.3 Å². The molecule has 3 atom stereocenters. The quantitative estimate of drug-likeness (QED) is 0.470. The second-order valence-corrected chi connectivity index (χ2v) is 10.1. The first kappa shape index (κ1) is 27.3. The number of hydrogen-bond acceptors (Lipinski definition) is 7. The number of para-hydroxylation sites is 1. The van der Waals surface area contributed by atoms with E-state index in [1.165, 1.54) is 4.68 Å². The number of aliphatic hydroxyl groups is 1. The third-order valence-electron chi connectivity index (χ3n) is 6.87. The average Bonchev–Trinajstić information content (AvgIpc) is 3.24. The van der Waals surface area contributed by atoms with Crippen LogP contribution in [-0.2, 0) is 13.6 Å². The number of fused-ring (bicyclic) bond motifs is 1. The van der Waals surface area contributed by atoms with Crippen molar-refractivity contribution in [2.75, 3.05) is 32.1 Å². The highest BCUT2D eigenvalue weighted by Gasteiger charge is 2.34. The molecular weight excluding hydrogens is 484 g/mol. The van der Waals surface area contributed by atoms with Gasteiger partial charge in [-0.2, -0.15) is 5.10 Å². The molecule has 2 amide bonds. The van der Waals surface area contributed by atoms with Gasteiger partial charge in [0.05, 0.1) is 29.6 Å². The zero-order valence-electron chi connectivity index (χ0n) is 22.6. The zero-order valence-corrected chi connectivity index (χ0v) is 22.6. The molecule has 10 nitrogen and oxygen atoms in total. The average molecular weight is 521 g/mol. The van der Waals surface area contributed by atoms with Crippen LogP contribution in [0.3, 0.4) is 0 Å². The lowest BCUT2D eigenvalue weighted by molar-refractivity contribution is 0.0343. The Morgan fingerprint density at radius 2 is 2.03 bits per heavy atom. The minimum Gasteiger partial charge on any atom is -0.486 e. The zero-order chi connectivity index (χ0) is 27.4. The summed E-state index contributed by atoms with van der Waals surface area (Å²) in [6.07, 6.45) is 3.25. The highest BCUT2D eigenvalue weighted by atomic mass is 16.5. The Morgan fingerprint density at radius 3 is 2.68 bits per heavy atom. The van der Waals surface area contributed by atoms with Crippen LogP contribution in [0.4, 0.5) is 5.69 Å². The number of ether oxygens (including phenoxy) is 1. The third kappa shape index (κ3) is 6.03. The summed E-state index contributed by atoms with van der Waals surface area (Å²) in [5.74, 6) is -0.317. The molecule has 1 aliphatic heterocycles. The lowest BCUT2D eigenvalue weighted by atomic mass is 9.99. The number of pyridine rings is 1. The van der Waals surface area contributed by atoms with Gasteiger partial charge in [-0.05, 0) is 56.8 Å². The summed E-state index contributed by atoms with van der Waals surface area (Å²) in [6, 6.07) is 10.4. The maximum absolute atomic E-state index is 13.7. The predicted octanol–water partition coefficient (Wildman–Crippen LogP) is 2.73. The molecule has 0 spiro atoms. The van der Waals surface area contributed by atoms with Crippen molar-refractivity contribution in [1.82, 2.24) is 24.6 Å². The van der Waals surface area contributed by atoms with Gasteiger partial charge in [-0.3, -0.25) is 24.2 Å².